The highest BCUT2D eigenvalue weighted by molar-refractivity contribution is 7.92. The smallest absolute Gasteiger partial charge is 0.156 e. The summed E-state index contributed by atoms with van der Waals surface area (Å²) in [6.07, 6.45) is 2.23. The third-order valence-corrected chi connectivity index (χ3v) is 6.20. The molecule has 0 atom stereocenters. The van der Waals surface area contributed by atoms with Crippen LogP contribution in [-0.4, -0.2) is 62.7 Å². The van der Waals surface area contributed by atoms with Crippen molar-refractivity contribution in [2.24, 2.45) is 5.73 Å². The molecule has 0 bridgehead atoms. The molecule has 1 fully saturated rings. The number of nitrogens with two attached hydrogens (primary N) is 1. The van der Waals surface area contributed by atoms with Crippen molar-refractivity contribution in [2.75, 3.05) is 38.5 Å². The number of ether oxygens (including phenoxy) is 1. The van der Waals surface area contributed by atoms with E-state index < -0.39 is 14.6 Å². The molecular weight excluding hydrogens is 264 g/mol. The Morgan fingerprint density at radius 2 is 1.84 bits per heavy atom. The van der Waals surface area contributed by atoms with Gasteiger partial charge in [-0.1, -0.05) is 0 Å². The van der Waals surface area contributed by atoms with Gasteiger partial charge >= 0.3 is 0 Å². The molecule has 0 saturated carbocycles. The van der Waals surface area contributed by atoms with Crippen LogP contribution in [0.4, 0.5) is 0 Å². The minimum Gasteiger partial charge on any atom is -0.377 e. The summed E-state index contributed by atoms with van der Waals surface area (Å²) in [7, 11) is -3.01. The third-order valence-electron chi connectivity index (χ3n) is 3.62. The Kier molecular flexibility index (Phi) is 6.23. The van der Waals surface area contributed by atoms with Crippen molar-refractivity contribution in [3.05, 3.63) is 0 Å². The van der Waals surface area contributed by atoms with Gasteiger partial charge in [0.2, 0.25) is 0 Å². The van der Waals surface area contributed by atoms with E-state index in [1.807, 2.05) is 0 Å². The fourth-order valence-corrected chi connectivity index (χ4v) is 3.20. The summed E-state index contributed by atoms with van der Waals surface area (Å²) in [5.41, 5.74) is 5.41. The van der Waals surface area contributed by atoms with E-state index in [4.69, 9.17) is 10.5 Å². The van der Waals surface area contributed by atoms with Crippen LogP contribution in [0, 0.1) is 0 Å². The molecule has 5 nitrogen and oxygen atoms in total. The molecule has 0 aliphatic carbocycles. The molecule has 0 unspecified atom stereocenters. The minimum absolute atomic E-state index is 0.241. The molecule has 19 heavy (non-hydrogen) atoms. The Morgan fingerprint density at radius 3 is 2.32 bits per heavy atom. The molecule has 0 aromatic carbocycles. The van der Waals surface area contributed by atoms with E-state index in [0.717, 1.165) is 25.9 Å². The highest BCUT2D eigenvalue weighted by atomic mass is 32.2. The first kappa shape index (κ1) is 16.9. The third kappa shape index (κ3) is 5.38. The molecule has 0 spiro atoms. The van der Waals surface area contributed by atoms with Crippen molar-refractivity contribution in [1.29, 1.82) is 0 Å². The molecule has 1 heterocycles. The second-order valence-corrected chi connectivity index (χ2v) is 8.99. The number of likely N-dealkylation sites (tertiary alicyclic amines) is 1. The standard InChI is InChI=1S/C13H28N2O3S/c1-13(2,3)19(16,17)11-9-15-7-4-12(5-8-15)18-10-6-14/h12H,4-11,14H2,1-3H3. The Bertz CT molecular complexity index is 355. The van der Waals surface area contributed by atoms with Crippen LogP contribution in [-0.2, 0) is 14.6 Å². The SMILES string of the molecule is CC(C)(C)S(=O)(=O)CCN1CCC(OCCN)CC1. The van der Waals surface area contributed by atoms with Crippen molar-refractivity contribution < 1.29 is 13.2 Å². The molecule has 2 N–H and O–H groups in total. The fourth-order valence-electron chi connectivity index (χ4n) is 2.09. The Labute approximate surface area is 117 Å². The normalized spacial score (nSPS) is 19.8. The summed E-state index contributed by atoms with van der Waals surface area (Å²) in [5.74, 6) is 0.241. The quantitative estimate of drug-likeness (QED) is 0.778. The van der Waals surface area contributed by atoms with Gasteiger partial charge < -0.3 is 15.4 Å². The first-order valence-corrected chi connectivity index (χ1v) is 8.68. The van der Waals surface area contributed by atoms with E-state index in [0.29, 0.717) is 25.8 Å². The van der Waals surface area contributed by atoms with E-state index in [1.165, 1.54) is 0 Å². The van der Waals surface area contributed by atoms with Gasteiger partial charge in [-0.15, -0.1) is 0 Å². The number of hydrogen-bond acceptors (Lipinski definition) is 5. The monoisotopic (exact) mass is 292 g/mol. The van der Waals surface area contributed by atoms with Crippen molar-refractivity contribution in [2.45, 2.75) is 44.5 Å². The molecule has 0 aromatic heterocycles. The van der Waals surface area contributed by atoms with Crippen LogP contribution < -0.4 is 5.73 Å². The zero-order valence-corrected chi connectivity index (χ0v) is 13.2. The van der Waals surface area contributed by atoms with Crippen LogP contribution in [0.3, 0.4) is 0 Å². The molecule has 0 aromatic rings. The van der Waals surface area contributed by atoms with E-state index >= 15 is 0 Å². The maximum absolute atomic E-state index is 12.0. The van der Waals surface area contributed by atoms with Gasteiger partial charge in [0.05, 0.1) is 23.2 Å². The van der Waals surface area contributed by atoms with Crippen molar-refractivity contribution >= 4 is 9.84 Å². The molecule has 0 radical (unpaired) electrons. The predicted molar refractivity (Wildman–Crippen MR) is 78.0 cm³/mol. The lowest BCUT2D eigenvalue weighted by Gasteiger charge is -2.32. The summed E-state index contributed by atoms with van der Waals surface area (Å²) < 4.78 is 29.0. The van der Waals surface area contributed by atoms with E-state index in [2.05, 4.69) is 4.90 Å². The van der Waals surface area contributed by atoms with Crippen molar-refractivity contribution in [1.82, 2.24) is 4.90 Å². The molecule has 1 aliphatic heterocycles. The summed E-state index contributed by atoms with van der Waals surface area (Å²) in [6.45, 7) is 8.90. The average Bonchev–Trinajstić information content (AvgIpc) is 2.34. The van der Waals surface area contributed by atoms with Crippen LogP contribution in [0.2, 0.25) is 0 Å². The van der Waals surface area contributed by atoms with Gasteiger partial charge in [0, 0.05) is 26.2 Å². The van der Waals surface area contributed by atoms with E-state index in [9.17, 15) is 8.42 Å². The molecule has 1 aliphatic rings. The fraction of sp³-hybridized carbons (Fsp3) is 1.00. The first-order chi connectivity index (χ1) is 8.76. The van der Waals surface area contributed by atoms with Crippen molar-refractivity contribution in [3.63, 3.8) is 0 Å². The molecule has 6 heteroatoms. The van der Waals surface area contributed by atoms with Gasteiger partial charge in [-0.25, -0.2) is 8.42 Å². The molecular formula is C13H28N2O3S. The number of hydrogen-bond donors (Lipinski definition) is 1. The largest absolute Gasteiger partial charge is 0.377 e. The van der Waals surface area contributed by atoms with Crippen LogP contribution in [0.15, 0.2) is 0 Å². The van der Waals surface area contributed by atoms with E-state index in [1.54, 1.807) is 20.8 Å². The number of rotatable bonds is 6. The van der Waals surface area contributed by atoms with Gasteiger partial charge in [0.25, 0.3) is 0 Å². The van der Waals surface area contributed by atoms with E-state index in [-0.39, 0.29) is 5.75 Å². The second kappa shape index (κ2) is 7.02. The Morgan fingerprint density at radius 1 is 1.26 bits per heavy atom. The topological polar surface area (TPSA) is 72.6 Å². The van der Waals surface area contributed by atoms with Gasteiger partial charge in [-0.05, 0) is 33.6 Å². The van der Waals surface area contributed by atoms with Gasteiger partial charge in [-0.2, -0.15) is 0 Å². The van der Waals surface area contributed by atoms with Gasteiger partial charge in [0.15, 0.2) is 9.84 Å². The van der Waals surface area contributed by atoms with Crippen molar-refractivity contribution in [3.8, 4) is 0 Å². The average molecular weight is 292 g/mol. The Balaban J connectivity index is 2.31. The number of sulfone groups is 1. The molecule has 114 valence electrons. The highest BCUT2D eigenvalue weighted by Crippen LogP contribution is 2.18. The first-order valence-electron chi connectivity index (χ1n) is 7.02. The second-order valence-electron chi connectivity index (χ2n) is 6.13. The van der Waals surface area contributed by atoms with Gasteiger partial charge in [0.1, 0.15) is 0 Å². The van der Waals surface area contributed by atoms with Crippen LogP contribution >= 0.6 is 0 Å². The lowest BCUT2D eigenvalue weighted by atomic mass is 10.1. The van der Waals surface area contributed by atoms with Crippen LogP contribution in [0.1, 0.15) is 33.6 Å². The summed E-state index contributed by atoms with van der Waals surface area (Å²) in [5, 5.41) is 0. The molecule has 0 amide bonds. The zero-order valence-electron chi connectivity index (χ0n) is 12.4. The maximum atomic E-state index is 12.0. The number of nitrogens with zero attached hydrogens (tertiary/aromatic N) is 1. The lowest BCUT2D eigenvalue weighted by molar-refractivity contribution is 0.0128. The van der Waals surface area contributed by atoms with Gasteiger partial charge in [-0.3, -0.25) is 0 Å². The summed E-state index contributed by atoms with van der Waals surface area (Å²) >= 11 is 0. The Hall–Kier alpha value is -0.170. The highest BCUT2D eigenvalue weighted by Gasteiger charge is 2.29. The minimum atomic E-state index is -3.01. The lowest BCUT2D eigenvalue weighted by Crippen LogP contribution is -2.42. The molecule has 1 rings (SSSR count). The van der Waals surface area contributed by atoms with Crippen LogP contribution in [0.25, 0.3) is 0 Å². The maximum Gasteiger partial charge on any atom is 0.156 e. The molecule has 1 saturated heterocycles. The zero-order chi connectivity index (χ0) is 14.5. The predicted octanol–water partition coefficient (Wildman–Crippen LogP) is 0.639. The van der Waals surface area contributed by atoms with Crippen LogP contribution in [0.5, 0.6) is 0 Å². The number of piperidine rings is 1. The summed E-state index contributed by atoms with van der Waals surface area (Å²) in [6, 6.07) is 0. The summed E-state index contributed by atoms with van der Waals surface area (Å²) in [4.78, 5) is 2.21.